The average Bonchev–Trinajstić information content (AvgIpc) is 3.18. The molecule has 0 radical (unpaired) electrons. The van der Waals surface area contributed by atoms with E-state index in [0.29, 0.717) is 0 Å². The van der Waals surface area contributed by atoms with Crippen LogP contribution in [0, 0.1) is 20.8 Å². The summed E-state index contributed by atoms with van der Waals surface area (Å²) < 4.78 is 8.93. The number of carbonyl (C=O) groups is 1. The van der Waals surface area contributed by atoms with E-state index < -0.39 is 0 Å². The van der Waals surface area contributed by atoms with Crippen LogP contribution in [0.2, 0.25) is 0 Å². The second kappa shape index (κ2) is 8.92. The molecule has 0 fully saturated rings. The number of rotatable bonds is 7. The Morgan fingerprint density at radius 3 is 2.56 bits per heavy atom. The molecule has 2 N–H and O–H groups in total. The van der Waals surface area contributed by atoms with Gasteiger partial charge in [-0.1, -0.05) is 12.1 Å². The van der Waals surface area contributed by atoms with Crippen molar-refractivity contribution in [1.29, 1.82) is 0 Å². The summed E-state index contributed by atoms with van der Waals surface area (Å²) in [5, 5.41) is 5.64. The fourth-order valence-electron chi connectivity index (χ4n) is 2.47. The van der Waals surface area contributed by atoms with Gasteiger partial charge in [-0.25, -0.2) is 4.98 Å². The number of carbonyl (C=O) groups excluding carboxylic acids is 1. The summed E-state index contributed by atoms with van der Waals surface area (Å²) in [6.45, 7) is 6.00. The highest BCUT2D eigenvalue weighted by Gasteiger charge is 2.09. The standard InChI is InChI=1S/C20H21N3O2S2/c1-13-4-5-14(2)19(15(13)3)25-12-18(24)22-16-6-8-17(9-7-16)27-23-20-21-10-11-26-20/h4-11H,12H2,1-3H3,(H,21,23)(H,22,24). The zero-order valence-corrected chi connectivity index (χ0v) is 17.0. The lowest BCUT2D eigenvalue weighted by Crippen LogP contribution is -2.20. The molecule has 0 spiro atoms. The predicted molar refractivity (Wildman–Crippen MR) is 113 cm³/mol. The Morgan fingerprint density at radius 2 is 1.85 bits per heavy atom. The summed E-state index contributed by atoms with van der Waals surface area (Å²) in [4.78, 5) is 17.4. The van der Waals surface area contributed by atoms with Gasteiger partial charge in [0.1, 0.15) is 5.75 Å². The van der Waals surface area contributed by atoms with E-state index in [0.717, 1.165) is 38.2 Å². The van der Waals surface area contributed by atoms with Crippen molar-refractivity contribution >= 4 is 40.0 Å². The normalized spacial score (nSPS) is 10.5. The lowest BCUT2D eigenvalue weighted by Gasteiger charge is -2.14. The van der Waals surface area contributed by atoms with Gasteiger partial charge in [0.15, 0.2) is 11.7 Å². The summed E-state index contributed by atoms with van der Waals surface area (Å²) >= 11 is 3.02. The first-order valence-corrected chi connectivity index (χ1v) is 10.1. The van der Waals surface area contributed by atoms with Crippen molar-refractivity contribution in [3.05, 3.63) is 64.7 Å². The number of hydrogen-bond acceptors (Lipinski definition) is 6. The molecular weight excluding hydrogens is 378 g/mol. The lowest BCUT2D eigenvalue weighted by atomic mass is 10.1. The second-order valence-electron chi connectivity index (χ2n) is 6.06. The van der Waals surface area contributed by atoms with Gasteiger partial charge in [0.2, 0.25) is 0 Å². The third-order valence-electron chi connectivity index (χ3n) is 4.05. The predicted octanol–water partition coefficient (Wildman–Crippen LogP) is 5.21. The van der Waals surface area contributed by atoms with Crippen molar-refractivity contribution in [1.82, 2.24) is 4.98 Å². The average molecular weight is 400 g/mol. The van der Waals surface area contributed by atoms with Crippen LogP contribution in [0.5, 0.6) is 5.75 Å². The molecule has 0 aliphatic heterocycles. The number of aromatic nitrogens is 1. The molecule has 0 unspecified atom stereocenters. The first-order chi connectivity index (χ1) is 13.0. The molecule has 0 saturated carbocycles. The SMILES string of the molecule is Cc1ccc(C)c(OCC(=O)Nc2ccc(SNc3nccs3)cc2)c1C. The Balaban J connectivity index is 1.51. The van der Waals surface area contributed by atoms with Crippen LogP contribution >= 0.6 is 23.3 Å². The van der Waals surface area contributed by atoms with Crippen molar-refractivity contribution < 1.29 is 9.53 Å². The van der Waals surface area contributed by atoms with Gasteiger partial charge in [0.25, 0.3) is 5.91 Å². The topological polar surface area (TPSA) is 63.2 Å². The van der Waals surface area contributed by atoms with Crippen LogP contribution in [0.25, 0.3) is 0 Å². The molecule has 3 aromatic rings. The van der Waals surface area contributed by atoms with E-state index >= 15 is 0 Å². The maximum Gasteiger partial charge on any atom is 0.262 e. The van der Waals surface area contributed by atoms with Gasteiger partial charge in [-0.15, -0.1) is 11.3 Å². The van der Waals surface area contributed by atoms with Crippen LogP contribution in [0.3, 0.4) is 0 Å². The molecule has 0 aliphatic rings. The number of amides is 1. The third kappa shape index (κ3) is 5.24. The smallest absolute Gasteiger partial charge is 0.262 e. The quantitative estimate of drug-likeness (QED) is 0.534. The zero-order valence-electron chi connectivity index (χ0n) is 15.4. The third-order valence-corrected chi connectivity index (χ3v) is 5.67. The van der Waals surface area contributed by atoms with Crippen molar-refractivity contribution in [2.24, 2.45) is 0 Å². The first-order valence-electron chi connectivity index (χ1n) is 8.45. The number of thiazole rings is 1. The van der Waals surface area contributed by atoms with E-state index in [-0.39, 0.29) is 12.5 Å². The molecule has 0 bridgehead atoms. The second-order valence-corrected chi connectivity index (χ2v) is 7.83. The van der Waals surface area contributed by atoms with Crippen LogP contribution in [0.4, 0.5) is 10.8 Å². The number of nitrogens with one attached hydrogen (secondary N) is 2. The molecule has 1 aromatic heterocycles. The van der Waals surface area contributed by atoms with Gasteiger partial charge >= 0.3 is 0 Å². The van der Waals surface area contributed by atoms with E-state index in [1.807, 2.05) is 56.5 Å². The van der Waals surface area contributed by atoms with Gasteiger partial charge in [0, 0.05) is 22.2 Å². The molecule has 0 saturated heterocycles. The Labute approximate surface area is 167 Å². The number of ether oxygens (including phenoxy) is 1. The Bertz CT molecular complexity index is 910. The van der Waals surface area contributed by atoms with Crippen LogP contribution in [0.15, 0.2) is 52.9 Å². The minimum Gasteiger partial charge on any atom is -0.483 e. The molecule has 1 heterocycles. The van der Waals surface area contributed by atoms with Crippen molar-refractivity contribution in [2.45, 2.75) is 25.7 Å². The maximum atomic E-state index is 12.2. The Hall–Kier alpha value is -2.51. The first kappa shape index (κ1) is 19.3. The highest BCUT2D eigenvalue weighted by Crippen LogP contribution is 2.26. The molecule has 2 aromatic carbocycles. The summed E-state index contributed by atoms with van der Waals surface area (Å²) in [6, 6.07) is 11.7. The molecule has 7 heteroatoms. The van der Waals surface area contributed by atoms with Gasteiger partial charge in [-0.2, -0.15) is 0 Å². The van der Waals surface area contributed by atoms with Crippen LogP contribution in [0.1, 0.15) is 16.7 Å². The van der Waals surface area contributed by atoms with Gasteiger partial charge in [0.05, 0.1) is 0 Å². The molecule has 0 aliphatic carbocycles. The highest BCUT2D eigenvalue weighted by molar-refractivity contribution is 8.00. The monoisotopic (exact) mass is 399 g/mol. The molecule has 1 amide bonds. The minimum atomic E-state index is -0.184. The molecule has 27 heavy (non-hydrogen) atoms. The maximum absolute atomic E-state index is 12.2. The number of nitrogens with zero attached hydrogens (tertiary/aromatic N) is 1. The van der Waals surface area contributed by atoms with Crippen molar-refractivity contribution in [3.63, 3.8) is 0 Å². The summed E-state index contributed by atoms with van der Waals surface area (Å²) in [7, 11) is 0. The largest absolute Gasteiger partial charge is 0.483 e. The zero-order chi connectivity index (χ0) is 19.2. The summed E-state index contributed by atoms with van der Waals surface area (Å²) in [6.07, 6.45) is 1.76. The molecule has 0 atom stereocenters. The molecular formula is C20H21N3O2S2. The minimum absolute atomic E-state index is 0.0206. The van der Waals surface area contributed by atoms with E-state index in [2.05, 4.69) is 21.1 Å². The number of benzene rings is 2. The number of anilines is 2. The molecule has 3 rings (SSSR count). The van der Waals surface area contributed by atoms with Crippen molar-refractivity contribution in [2.75, 3.05) is 16.6 Å². The van der Waals surface area contributed by atoms with Gasteiger partial charge in [-0.05, 0) is 73.7 Å². The van der Waals surface area contributed by atoms with Crippen LogP contribution < -0.4 is 14.8 Å². The lowest BCUT2D eigenvalue weighted by molar-refractivity contribution is -0.118. The molecule has 5 nitrogen and oxygen atoms in total. The summed E-state index contributed by atoms with van der Waals surface area (Å²) in [5.41, 5.74) is 3.98. The van der Waals surface area contributed by atoms with E-state index in [1.165, 1.54) is 11.9 Å². The Morgan fingerprint density at radius 1 is 1.11 bits per heavy atom. The highest BCUT2D eigenvalue weighted by atomic mass is 32.2. The van der Waals surface area contributed by atoms with E-state index in [4.69, 9.17) is 4.74 Å². The van der Waals surface area contributed by atoms with Gasteiger partial charge < -0.3 is 14.8 Å². The summed E-state index contributed by atoms with van der Waals surface area (Å²) in [5.74, 6) is 0.599. The van der Waals surface area contributed by atoms with Crippen LogP contribution in [-0.4, -0.2) is 17.5 Å². The Kier molecular flexibility index (Phi) is 6.36. The van der Waals surface area contributed by atoms with Crippen LogP contribution in [-0.2, 0) is 4.79 Å². The van der Waals surface area contributed by atoms with E-state index in [9.17, 15) is 4.79 Å². The van der Waals surface area contributed by atoms with Crippen molar-refractivity contribution in [3.8, 4) is 5.75 Å². The molecule has 140 valence electrons. The number of aryl methyl sites for hydroxylation is 2. The fraction of sp³-hybridized carbons (Fsp3) is 0.200. The number of hydrogen-bond donors (Lipinski definition) is 2. The fourth-order valence-corrected chi connectivity index (χ4v) is 3.68. The van der Waals surface area contributed by atoms with E-state index in [1.54, 1.807) is 17.5 Å². The van der Waals surface area contributed by atoms with Gasteiger partial charge in [-0.3, -0.25) is 4.79 Å².